The van der Waals surface area contributed by atoms with Crippen LogP contribution in [-0.2, 0) is 16.4 Å². The molecule has 1 unspecified atom stereocenters. The second-order valence-corrected chi connectivity index (χ2v) is 9.59. The smallest absolute Gasteiger partial charge is 0.329 e. The van der Waals surface area contributed by atoms with Crippen LogP contribution < -0.4 is 14.8 Å². The number of sulfonamides is 1. The number of aromatic nitrogens is 2. The number of imidazole rings is 1. The van der Waals surface area contributed by atoms with E-state index in [-0.39, 0.29) is 4.90 Å². The van der Waals surface area contributed by atoms with Crippen molar-refractivity contribution in [3.63, 3.8) is 0 Å². The van der Waals surface area contributed by atoms with E-state index in [1.54, 1.807) is 44.6 Å². The molecule has 3 aromatic carbocycles. The number of amides is 2. The van der Waals surface area contributed by atoms with E-state index in [2.05, 4.69) is 15.0 Å². The first-order valence-corrected chi connectivity index (χ1v) is 12.5. The van der Waals surface area contributed by atoms with Gasteiger partial charge in [0.2, 0.25) is 0 Å². The van der Waals surface area contributed by atoms with Gasteiger partial charge in [0.25, 0.3) is 10.0 Å². The Balaban J connectivity index is 1.63. The Morgan fingerprint density at radius 3 is 2.37 bits per heavy atom. The summed E-state index contributed by atoms with van der Waals surface area (Å²) in [7, 11) is -2.45. The molecular formula is C26H26N4O4S. The quantitative estimate of drug-likeness (QED) is 0.386. The molecule has 0 bridgehead atoms. The molecule has 0 aliphatic carbocycles. The molecule has 2 N–H and O–H groups in total. The van der Waals surface area contributed by atoms with Gasteiger partial charge in [-0.15, -0.1) is 0 Å². The van der Waals surface area contributed by atoms with E-state index in [1.807, 2.05) is 59.2 Å². The highest BCUT2D eigenvalue weighted by Crippen LogP contribution is 2.23. The zero-order valence-electron chi connectivity index (χ0n) is 19.4. The Hall–Kier alpha value is -4.11. The molecule has 0 spiro atoms. The summed E-state index contributed by atoms with van der Waals surface area (Å²) in [4.78, 5) is 17.5. The van der Waals surface area contributed by atoms with Crippen molar-refractivity contribution in [2.45, 2.75) is 24.3 Å². The molecule has 1 heterocycles. The molecule has 0 saturated heterocycles. The van der Waals surface area contributed by atoms with Gasteiger partial charge in [-0.1, -0.05) is 48.5 Å². The summed E-state index contributed by atoms with van der Waals surface area (Å²) >= 11 is 0. The van der Waals surface area contributed by atoms with E-state index in [0.717, 1.165) is 17.0 Å². The minimum absolute atomic E-state index is 0.0505. The third-order valence-corrected chi connectivity index (χ3v) is 7.02. The van der Waals surface area contributed by atoms with Gasteiger partial charge >= 0.3 is 6.03 Å². The summed E-state index contributed by atoms with van der Waals surface area (Å²) < 4.78 is 34.9. The molecule has 8 nitrogen and oxygen atoms in total. The van der Waals surface area contributed by atoms with E-state index >= 15 is 0 Å². The van der Waals surface area contributed by atoms with E-state index < -0.39 is 22.1 Å². The van der Waals surface area contributed by atoms with E-state index in [1.165, 1.54) is 6.07 Å². The van der Waals surface area contributed by atoms with Crippen LogP contribution in [0.4, 0.5) is 4.79 Å². The number of hydrogen-bond donors (Lipinski definition) is 2. The third kappa shape index (κ3) is 5.70. The molecule has 2 amide bonds. The lowest BCUT2D eigenvalue weighted by atomic mass is 10.1. The molecule has 4 rings (SSSR count). The first-order valence-electron chi connectivity index (χ1n) is 11.0. The van der Waals surface area contributed by atoms with Gasteiger partial charge in [-0.05, 0) is 54.8 Å². The standard InChI is InChI=1S/C26H26N4O4S/c1-19-8-6-7-11-24(19)35(32,33)29-26(31)28-23(18-20-9-4-3-5-10-20)25-27-16-17-30(25)21-12-14-22(34-2)15-13-21/h3-17,23H,18H2,1-2H3,(H2,28,29,31). The molecule has 0 fully saturated rings. The molecule has 4 aromatic rings. The molecule has 9 heteroatoms. The fourth-order valence-electron chi connectivity index (χ4n) is 3.81. The largest absolute Gasteiger partial charge is 0.497 e. The van der Waals surface area contributed by atoms with Crippen molar-refractivity contribution in [3.05, 3.63) is 108 Å². The molecule has 0 radical (unpaired) electrons. The van der Waals surface area contributed by atoms with Crippen LogP contribution in [0.5, 0.6) is 5.75 Å². The Morgan fingerprint density at radius 1 is 1.00 bits per heavy atom. The van der Waals surface area contributed by atoms with Gasteiger partial charge in [-0.3, -0.25) is 0 Å². The molecule has 1 aromatic heterocycles. The monoisotopic (exact) mass is 490 g/mol. The van der Waals surface area contributed by atoms with Crippen LogP contribution in [0.3, 0.4) is 0 Å². The van der Waals surface area contributed by atoms with Gasteiger partial charge in [0.05, 0.1) is 18.0 Å². The average molecular weight is 491 g/mol. The summed E-state index contributed by atoms with van der Waals surface area (Å²) in [5.41, 5.74) is 2.33. The lowest BCUT2D eigenvalue weighted by Gasteiger charge is -2.21. The summed E-state index contributed by atoms with van der Waals surface area (Å²) in [5.74, 6) is 1.28. The number of carbonyl (C=O) groups is 1. The summed E-state index contributed by atoms with van der Waals surface area (Å²) in [6.07, 6.45) is 3.84. The zero-order chi connectivity index (χ0) is 24.8. The van der Waals surface area contributed by atoms with Gasteiger partial charge in [0, 0.05) is 18.1 Å². The van der Waals surface area contributed by atoms with E-state index in [4.69, 9.17) is 4.74 Å². The molecular weight excluding hydrogens is 464 g/mol. The first-order chi connectivity index (χ1) is 16.9. The highest BCUT2D eigenvalue weighted by atomic mass is 32.2. The average Bonchev–Trinajstić information content (AvgIpc) is 3.34. The number of aryl methyl sites for hydroxylation is 1. The summed E-state index contributed by atoms with van der Waals surface area (Å²) in [6.45, 7) is 1.68. The number of ether oxygens (including phenoxy) is 1. The Labute approximate surface area is 204 Å². The molecule has 35 heavy (non-hydrogen) atoms. The van der Waals surface area contributed by atoms with Crippen LogP contribution >= 0.6 is 0 Å². The van der Waals surface area contributed by atoms with E-state index in [0.29, 0.717) is 17.8 Å². The molecule has 1 atom stereocenters. The van der Waals surface area contributed by atoms with Crippen molar-refractivity contribution in [2.24, 2.45) is 0 Å². The van der Waals surface area contributed by atoms with Crippen molar-refractivity contribution in [1.29, 1.82) is 0 Å². The van der Waals surface area contributed by atoms with Gasteiger partial charge in [0.1, 0.15) is 11.6 Å². The van der Waals surface area contributed by atoms with Crippen LogP contribution in [0.15, 0.2) is 96.2 Å². The van der Waals surface area contributed by atoms with Crippen molar-refractivity contribution >= 4 is 16.1 Å². The summed E-state index contributed by atoms with van der Waals surface area (Å²) in [6, 6.07) is 22.1. The van der Waals surface area contributed by atoms with Crippen LogP contribution in [-0.4, -0.2) is 31.1 Å². The van der Waals surface area contributed by atoms with Crippen molar-refractivity contribution < 1.29 is 17.9 Å². The van der Waals surface area contributed by atoms with Crippen molar-refractivity contribution in [3.8, 4) is 11.4 Å². The number of hydrogen-bond acceptors (Lipinski definition) is 5. The molecule has 0 aliphatic rings. The van der Waals surface area contributed by atoms with Crippen LogP contribution in [0.1, 0.15) is 23.0 Å². The third-order valence-electron chi connectivity index (χ3n) is 5.53. The highest BCUT2D eigenvalue weighted by Gasteiger charge is 2.25. The van der Waals surface area contributed by atoms with Crippen LogP contribution in [0.2, 0.25) is 0 Å². The molecule has 0 saturated carbocycles. The minimum Gasteiger partial charge on any atom is -0.497 e. The predicted octanol–water partition coefficient (Wildman–Crippen LogP) is 4.16. The topological polar surface area (TPSA) is 102 Å². The zero-order valence-corrected chi connectivity index (χ0v) is 20.2. The highest BCUT2D eigenvalue weighted by molar-refractivity contribution is 7.90. The van der Waals surface area contributed by atoms with Gasteiger partial charge < -0.3 is 14.6 Å². The predicted molar refractivity (Wildman–Crippen MR) is 133 cm³/mol. The maximum atomic E-state index is 12.9. The fourth-order valence-corrected chi connectivity index (χ4v) is 4.98. The number of carbonyl (C=O) groups excluding carboxylic acids is 1. The Kier molecular flexibility index (Phi) is 7.17. The van der Waals surface area contributed by atoms with Gasteiger partial charge in [-0.2, -0.15) is 0 Å². The molecule has 0 aliphatic heterocycles. The number of nitrogens with one attached hydrogen (secondary N) is 2. The first kappa shape index (κ1) is 24.0. The van der Waals surface area contributed by atoms with Gasteiger partial charge in [0.15, 0.2) is 0 Å². The number of methoxy groups -OCH3 is 1. The minimum atomic E-state index is -4.05. The Bertz CT molecular complexity index is 1400. The maximum Gasteiger partial charge on any atom is 0.329 e. The number of urea groups is 1. The number of rotatable bonds is 8. The van der Waals surface area contributed by atoms with Crippen LogP contribution in [0.25, 0.3) is 5.69 Å². The SMILES string of the molecule is COc1ccc(-n2ccnc2C(Cc2ccccc2)NC(=O)NS(=O)(=O)c2ccccc2C)cc1. The Morgan fingerprint density at radius 2 is 1.69 bits per heavy atom. The second kappa shape index (κ2) is 10.4. The number of nitrogens with zero attached hydrogens (tertiary/aromatic N) is 2. The van der Waals surface area contributed by atoms with Crippen molar-refractivity contribution in [1.82, 2.24) is 19.6 Å². The second-order valence-electron chi connectivity index (χ2n) is 7.94. The number of benzene rings is 3. The van der Waals surface area contributed by atoms with Crippen LogP contribution in [0, 0.1) is 6.92 Å². The lowest BCUT2D eigenvalue weighted by Crippen LogP contribution is -2.42. The lowest BCUT2D eigenvalue weighted by molar-refractivity contribution is 0.241. The maximum absolute atomic E-state index is 12.9. The van der Waals surface area contributed by atoms with Crippen molar-refractivity contribution in [2.75, 3.05) is 7.11 Å². The summed E-state index contributed by atoms with van der Waals surface area (Å²) in [5, 5.41) is 2.81. The fraction of sp³-hybridized carbons (Fsp3) is 0.154. The normalized spacial score (nSPS) is 12.1. The molecule has 180 valence electrons. The van der Waals surface area contributed by atoms with Gasteiger partial charge in [-0.25, -0.2) is 22.9 Å². The van der Waals surface area contributed by atoms with E-state index in [9.17, 15) is 13.2 Å².